The summed E-state index contributed by atoms with van der Waals surface area (Å²) in [5.74, 6) is 0.449. The van der Waals surface area contributed by atoms with Gasteiger partial charge < -0.3 is 4.74 Å². The van der Waals surface area contributed by atoms with Gasteiger partial charge >= 0.3 is 0 Å². The van der Waals surface area contributed by atoms with Gasteiger partial charge in [-0.15, -0.1) is 12.4 Å². The van der Waals surface area contributed by atoms with E-state index in [2.05, 4.69) is 4.74 Å². The predicted octanol–water partition coefficient (Wildman–Crippen LogP) is 1.24. The third-order valence-electron chi connectivity index (χ3n) is 0.498. The van der Waals surface area contributed by atoms with Crippen LogP contribution in [-0.4, -0.2) is 13.1 Å². The molecule has 0 aromatic carbocycles. The Hall–Kier alpha value is -0.240. The lowest BCUT2D eigenvalue weighted by molar-refractivity contribution is -0.129. The highest BCUT2D eigenvalue weighted by atomic mass is 35.5. The molecule has 0 atom stereocenters. The normalized spacial score (nSPS) is 7.88. The van der Waals surface area contributed by atoms with Crippen molar-refractivity contribution in [2.24, 2.45) is 5.92 Å². The predicted molar refractivity (Wildman–Crippen MR) is 34.1 cm³/mol. The fourth-order valence-electron chi connectivity index (χ4n) is 0.232. The fourth-order valence-corrected chi connectivity index (χ4v) is 0.232. The molecule has 3 heteroatoms. The van der Waals surface area contributed by atoms with Crippen LogP contribution in [0, 0.1) is 5.92 Å². The molecule has 0 heterocycles. The highest BCUT2D eigenvalue weighted by Crippen LogP contribution is 1.88. The van der Waals surface area contributed by atoms with Gasteiger partial charge in [-0.05, 0) is 5.92 Å². The minimum atomic E-state index is 0. The second-order valence-electron chi connectivity index (χ2n) is 1.82. The van der Waals surface area contributed by atoms with Crippen molar-refractivity contribution in [3.63, 3.8) is 0 Å². The van der Waals surface area contributed by atoms with E-state index in [1.165, 1.54) is 0 Å². The van der Waals surface area contributed by atoms with Crippen LogP contribution in [0.15, 0.2) is 0 Å². The Morgan fingerprint density at radius 1 is 1.62 bits per heavy atom. The maximum absolute atomic E-state index is 9.49. The molecule has 0 aliphatic carbocycles. The summed E-state index contributed by atoms with van der Waals surface area (Å²) < 4.78 is 4.41. The number of halogens is 1. The molecule has 0 aliphatic heterocycles. The number of carbonyl (C=O) groups excluding carboxylic acids is 1. The second-order valence-corrected chi connectivity index (χ2v) is 1.82. The molecule has 0 fully saturated rings. The van der Waals surface area contributed by atoms with E-state index in [9.17, 15) is 4.79 Å². The molecule has 0 spiro atoms. The number of hydrogen-bond acceptors (Lipinski definition) is 2. The molecule has 0 aliphatic rings. The Morgan fingerprint density at radius 2 is 2.12 bits per heavy atom. The molecular formula is C5H11ClO2. The van der Waals surface area contributed by atoms with Crippen molar-refractivity contribution in [2.75, 3.05) is 6.61 Å². The first-order valence-corrected chi connectivity index (χ1v) is 2.32. The van der Waals surface area contributed by atoms with Crippen LogP contribution >= 0.6 is 12.4 Å². The lowest BCUT2D eigenvalue weighted by Gasteiger charge is -1.98. The highest BCUT2D eigenvalue weighted by molar-refractivity contribution is 5.85. The highest BCUT2D eigenvalue weighted by Gasteiger charge is 1.88. The Morgan fingerprint density at radius 3 is 2.25 bits per heavy atom. The Balaban J connectivity index is 0. The van der Waals surface area contributed by atoms with Crippen molar-refractivity contribution >= 4 is 18.9 Å². The van der Waals surface area contributed by atoms with E-state index in [4.69, 9.17) is 0 Å². The lowest BCUT2D eigenvalue weighted by Crippen LogP contribution is -1.98. The van der Waals surface area contributed by atoms with Crippen LogP contribution in [0.3, 0.4) is 0 Å². The molecular weight excluding hydrogens is 128 g/mol. The summed E-state index contributed by atoms with van der Waals surface area (Å²) in [6.45, 7) is 4.98. The number of hydrogen-bond donors (Lipinski definition) is 0. The van der Waals surface area contributed by atoms with Gasteiger partial charge in [0.2, 0.25) is 0 Å². The van der Waals surface area contributed by atoms with Crippen LogP contribution in [0.2, 0.25) is 0 Å². The van der Waals surface area contributed by atoms with Crippen molar-refractivity contribution in [1.82, 2.24) is 0 Å². The molecule has 0 rings (SSSR count). The minimum absolute atomic E-state index is 0. The van der Waals surface area contributed by atoms with Crippen LogP contribution in [0.4, 0.5) is 0 Å². The number of ether oxygens (including phenoxy) is 1. The Kier molecular flexibility index (Phi) is 9.03. The van der Waals surface area contributed by atoms with Gasteiger partial charge in [0.1, 0.15) is 0 Å². The van der Waals surface area contributed by atoms with Crippen LogP contribution in [-0.2, 0) is 9.53 Å². The maximum atomic E-state index is 9.49. The standard InChI is InChI=1S/C5H10O2.ClH/c1-5(2)3-7-4-6;/h4-5H,3H2,1-2H3;1H. The van der Waals surface area contributed by atoms with E-state index in [0.717, 1.165) is 0 Å². The third kappa shape index (κ3) is 9.23. The molecule has 0 radical (unpaired) electrons. The average Bonchev–Trinajstić information content (AvgIpc) is 1.61. The number of carbonyl (C=O) groups is 1. The van der Waals surface area contributed by atoms with Gasteiger partial charge in [0.25, 0.3) is 6.47 Å². The monoisotopic (exact) mass is 138 g/mol. The van der Waals surface area contributed by atoms with Gasteiger partial charge in [0.05, 0.1) is 6.61 Å². The zero-order chi connectivity index (χ0) is 5.70. The van der Waals surface area contributed by atoms with Crippen molar-refractivity contribution < 1.29 is 9.53 Å². The van der Waals surface area contributed by atoms with Gasteiger partial charge in [0, 0.05) is 0 Å². The van der Waals surface area contributed by atoms with Gasteiger partial charge in [-0.2, -0.15) is 0 Å². The molecule has 0 amide bonds. The van der Waals surface area contributed by atoms with Crippen molar-refractivity contribution in [3.8, 4) is 0 Å². The smallest absolute Gasteiger partial charge is 0.293 e. The van der Waals surface area contributed by atoms with E-state index in [-0.39, 0.29) is 12.4 Å². The molecule has 8 heavy (non-hydrogen) atoms. The van der Waals surface area contributed by atoms with Crippen LogP contribution in [0.5, 0.6) is 0 Å². The Labute approximate surface area is 55.6 Å². The van der Waals surface area contributed by atoms with Crippen molar-refractivity contribution in [2.45, 2.75) is 13.8 Å². The molecule has 0 N–H and O–H groups in total. The van der Waals surface area contributed by atoms with Crippen molar-refractivity contribution in [3.05, 3.63) is 0 Å². The zero-order valence-electron chi connectivity index (χ0n) is 5.09. The first kappa shape index (κ1) is 10.7. The van der Waals surface area contributed by atoms with E-state index in [1.807, 2.05) is 13.8 Å². The summed E-state index contributed by atoms with van der Waals surface area (Å²) in [4.78, 5) is 9.49. The Bertz CT molecular complexity index is 54.4. The van der Waals surface area contributed by atoms with Gasteiger partial charge in [-0.3, -0.25) is 4.79 Å². The molecule has 0 bridgehead atoms. The molecule has 0 aromatic rings. The van der Waals surface area contributed by atoms with E-state index in [0.29, 0.717) is 19.0 Å². The van der Waals surface area contributed by atoms with E-state index < -0.39 is 0 Å². The summed E-state index contributed by atoms with van der Waals surface area (Å²) in [5, 5.41) is 0. The van der Waals surface area contributed by atoms with E-state index in [1.54, 1.807) is 0 Å². The fraction of sp³-hybridized carbons (Fsp3) is 0.800. The summed E-state index contributed by atoms with van der Waals surface area (Å²) in [5.41, 5.74) is 0. The molecule has 2 nitrogen and oxygen atoms in total. The van der Waals surface area contributed by atoms with Crippen LogP contribution in [0.25, 0.3) is 0 Å². The van der Waals surface area contributed by atoms with Crippen LogP contribution < -0.4 is 0 Å². The van der Waals surface area contributed by atoms with Gasteiger partial charge in [0.15, 0.2) is 0 Å². The average molecular weight is 139 g/mol. The summed E-state index contributed by atoms with van der Waals surface area (Å²) in [6, 6.07) is 0. The topological polar surface area (TPSA) is 26.3 Å². The molecule has 0 saturated carbocycles. The quantitative estimate of drug-likeness (QED) is 0.549. The minimum Gasteiger partial charge on any atom is -0.468 e. The second kappa shape index (κ2) is 6.76. The summed E-state index contributed by atoms with van der Waals surface area (Å²) in [7, 11) is 0. The molecule has 0 unspecified atom stereocenters. The molecule has 0 saturated heterocycles. The summed E-state index contributed by atoms with van der Waals surface area (Å²) in [6.07, 6.45) is 0. The summed E-state index contributed by atoms with van der Waals surface area (Å²) >= 11 is 0. The largest absolute Gasteiger partial charge is 0.468 e. The van der Waals surface area contributed by atoms with Crippen molar-refractivity contribution in [1.29, 1.82) is 0 Å². The van der Waals surface area contributed by atoms with Gasteiger partial charge in [-0.25, -0.2) is 0 Å². The maximum Gasteiger partial charge on any atom is 0.293 e. The first-order chi connectivity index (χ1) is 3.27. The van der Waals surface area contributed by atoms with Gasteiger partial charge in [-0.1, -0.05) is 13.8 Å². The lowest BCUT2D eigenvalue weighted by atomic mass is 10.2. The first-order valence-electron chi connectivity index (χ1n) is 2.32. The number of rotatable bonds is 3. The molecule has 0 aromatic heterocycles. The van der Waals surface area contributed by atoms with Crippen LogP contribution in [0.1, 0.15) is 13.8 Å². The van der Waals surface area contributed by atoms with E-state index >= 15 is 0 Å². The molecule has 50 valence electrons. The third-order valence-corrected chi connectivity index (χ3v) is 0.498. The SMILES string of the molecule is CC(C)COC=O.Cl. The zero-order valence-corrected chi connectivity index (χ0v) is 5.90.